The number of carbonyl (C=O) groups is 2. The van der Waals surface area contributed by atoms with E-state index in [2.05, 4.69) is 4.74 Å². The van der Waals surface area contributed by atoms with Crippen LogP contribution >= 0.6 is 0 Å². The quantitative estimate of drug-likeness (QED) is 0.729. The first-order valence-corrected chi connectivity index (χ1v) is 7.58. The van der Waals surface area contributed by atoms with Gasteiger partial charge in [-0.05, 0) is 12.1 Å². The van der Waals surface area contributed by atoms with Gasteiger partial charge in [0.05, 0.1) is 7.11 Å². The fraction of sp³-hybridized carbons (Fsp3) is 0.333. The van der Waals surface area contributed by atoms with Crippen LogP contribution in [0.15, 0.2) is 18.2 Å². The van der Waals surface area contributed by atoms with Crippen LogP contribution in [0.3, 0.4) is 0 Å². The molecule has 1 heterocycles. The third-order valence-electron chi connectivity index (χ3n) is 3.25. The number of nitrogens with two attached hydrogens (primary N) is 1. The first kappa shape index (κ1) is 15.3. The van der Waals surface area contributed by atoms with Gasteiger partial charge in [0.25, 0.3) is 0 Å². The number of phenols is 1. The number of anilines is 1. The van der Waals surface area contributed by atoms with Crippen LogP contribution in [0.4, 0.5) is 5.69 Å². The maximum atomic E-state index is 11.9. The lowest BCUT2D eigenvalue weighted by Gasteiger charge is -2.17. The number of sulfonamides is 1. The van der Waals surface area contributed by atoms with Crippen molar-refractivity contribution < 1.29 is 27.9 Å². The van der Waals surface area contributed by atoms with Crippen LogP contribution in [0, 0.1) is 0 Å². The average molecular weight is 314 g/mol. The lowest BCUT2D eigenvalue weighted by Crippen LogP contribution is -2.32. The highest BCUT2D eigenvalue weighted by Crippen LogP contribution is 2.29. The minimum absolute atomic E-state index is 0.0455. The van der Waals surface area contributed by atoms with E-state index in [1.807, 2.05) is 0 Å². The molecule has 114 valence electrons. The topological polar surface area (TPSA) is 127 Å². The molecule has 1 amide bonds. The molecule has 1 unspecified atom stereocenters. The highest BCUT2D eigenvalue weighted by atomic mass is 32.2. The van der Waals surface area contributed by atoms with Crippen LogP contribution in [-0.4, -0.2) is 44.3 Å². The molecule has 0 aromatic heterocycles. The Morgan fingerprint density at radius 2 is 2.14 bits per heavy atom. The minimum atomic E-state index is -3.81. The number of hydrogen-bond acceptors (Lipinski definition) is 6. The summed E-state index contributed by atoms with van der Waals surface area (Å²) in [5, 5.41) is 13.8. The molecule has 21 heavy (non-hydrogen) atoms. The number of ether oxygens (including phenoxy) is 1. The fourth-order valence-corrected chi connectivity index (χ4v) is 2.85. The molecule has 3 N–H and O–H groups in total. The van der Waals surface area contributed by atoms with Crippen molar-refractivity contribution in [3.05, 3.63) is 23.8 Å². The molecule has 0 radical (unpaired) electrons. The van der Waals surface area contributed by atoms with Crippen LogP contribution in [0.25, 0.3) is 0 Å². The van der Waals surface area contributed by atoms with Crippen LogP contribution in [0.1, 0.15) is 16.8 Å². The normalized spacial score (nSPS) is 18.9. The molecule has 0 spiro atoms. The highest BCUT2D eigenvalue weighted by Gasteiger charge is 2.37. The molecule has 0 aliphatic carbocycles. The summed E-state index contributed by atoms with van der Waals surface area (Å²) < 4.78 is 27.1. The predicted octanol–water partition coefficient (Wildman–Crippen LogP) is -0.427. The summed E-state index contributed by atoms with van der Waals surface area (Å²) in [5.41, 5.74) is 0.243. The number of primary sulfonamides is 1. The molecule has 1 saturated heterocycles. The summed E-state index contributed by atoms with van der Waals surface area (Å²) in [5.74, 6) is -1.49. The number of hydrogen-bond donors (Lipinski definition) is 2. The molecule has 1 aromatic carbocycles. The van der Waals surface area contributed by atoms with Gasteiger partial charge >= 0.3 is 5.97 Å². The Bertz CT molecular complexity index is 700. The second-order valence-corrected chi connectivity index (χ2v) is 6.46. The molecule has 1 aliphatic heterocycles. The Balaban J connectivity index is 2.30. The van der Waals surface area contributed by atoms with Gasteiger partial charge in [-0.3, -0.25) is 4.79 Å². The van der Waals surface area contributed by atoms with Crippen molar-refractivity contribution in [1.82, 2.24) is 0 Å². The molecular weight excluding hydrogens is 300 g/mol. The summed E-state index contributed by atoms with van der Waals surface area (Å²) in [4.78, 5) is 24.4. The molecule has 1 aromatic rings. The van der Waals surface area contributed by atoms with E-state index in [1.54, 1.807) is 0 Å². The van der Waals surface area contributed by atoms with Gasteiger partial charge in [0.15, 0.2) is 0 Å². The Kier molecular flexibility index (Phi) is 3.88. The van der Waals surface area contributed by atoms with E-state index in [0.29, 0.717) is 0 Å². The number of aromatic hydroxyl groups is 1. The Hall–Kier alpha value is -2.13. The largest absolute Gasteiger partial charge is 0.507 e. The summed E-state index contributed by atoms with van der Waals surface area (Å²) in [6, 6.07) is 3.93. The van der Waals surface area contributed by atoms with Crippen molar-refractivity contribution in [3.63, 3.8) is 0 Å². The van der Waals surface area contributed by atoms with Gasteiger partial charge in [-0.2, -0.15) is 0 Å². The standard InChI is InChI=1S/C12H14N2O6S/c1-20-12(17)9-3-2-7(4-10(9)15)14-6-8(5-11(14)16)21(13,18)19/h2-4,8,15H,5-6H2,1H3,(H2,13,18,19). The average Bonchev–Trinajstić information content (AvgIpc) is 2.80. The number of nitrogens with zero attached hydrogens (tertiary/aromatic N) is 1. The third-order valence-corrected chi connectivity index (χ3v) is 4.50. The van der Waals surface area contributed by atoms with Crippen molar-refractivity contribution in [2.75, 3.05) is 18.6 Å². The number of carbonyl (C=O) groups excluding carboxylic acids is 2. The zero-order chi connectivity index (χ0) is 15.8. The van der Waals surface area contributed by atoms with E-state index in [-0.39, 0.29) is 30.0 Å². The Morgan fingerprint density at radius 3 is 2.62 bits per heavy atom. The Morgan fingerprint density at radius 1 is 1.48 bits per heavy atom. The fourth-order valence-electron chi connectivity index (χ4n) is 2.11. The van der Waals surface area contributed by atoms with Crippen molar-refractivity contribution >= 4 is 27.6 Å². The van der Waals surface area contributed by atoms with Gasteiger partial charge < -0.3 is 14.7 Å². The second-order valence-electron chi connectivity index (χ2n) is 4.61. The van der Waals surface area contributed by atoms with Crippen molar-refractivity contribution in [2.45, 2.75) is 11.7 Å². The third kappa shape index (κ3) is 2.98. The van der Waals surface area contributed by atoms with Gasteiger partial charge in [-0.25, -0.2) is 18.4 Å². The number of esters is 1. The lowest BCUT2D eigenvalue weighted by atomic mass is 10.1. The number of benzene rings is 1. The molecule has 8 nitrogen and oxygen atoms in total. The van der Waals surface area contributed by atoms with Crippen LogP contribution in [-0.2, 0) is 19.6 Å². The predicted molar refractivity (Wildman–Crippen MR) is 73.3 cm³/mol. The molecule has 1 fully saturated rings. The van der Waals surface area contributed by atoms with E-state index in [0.717, 1.165) is 0 Å². The zero-order valence-corrected chi connectivity index (χ0v) is 12.0. The number of methoxy groups -OCH3 is 1. The molecule has 1 atom stereocenters. The second kappa shape index (κ2) is 5.34. The first-order chi connectivity index (χ1) is 9.74. The first-order valence-electron chi connectivity index (χ1n) is 5.97. The Labute approximate surface area is 121 Å². The maximum Gasteiger partial charge on any atom is 0.341 e. The minimum Gasteiger partial charge on any atom is -0.507 e. The zero-order valence-electron chi connectivity index (χ0n) is 11.1. The van der Waals surface area contributed by atoms with Gasteiger partial charge in [0, 0.05) is 24.7 Å². The highest BCUT2D eigenvalue weighted by molar-refractivity contribution is 7.89. The summed E-state index contributed by atoms with van der Waals surface area (Å²) in [7, 11) is -2.63. The molecule has 0 saturated carbocycles. The molecular formula is C12H14N2O6S. The molecule has 2 rings (SSSR count). The van der Waals surface area contributed by atoms with Crippen molar-refractivity contribution in [2.24, 2.45) is 5.14 Å². The van der Waals surface area contributed by atoms with Gasteiger partial charge in [0.2, 0.25) is 15.9 Å². The maximum absolute atomic E-state index is 11.9. The van der Waals surface area contributed by atoms with E-state index in [4.69, 9.17) is 5.14 Å². The van der Waals surface area contributed by atoms with E-state index < -0.39 is 27.1 Å². The van der Waals surface area contributed by atoms with E-state index >= 15 is 0 Å². The summed E-state index contributed by atoms with van der Waals surface area (Å²) >= 11 is 0. The number of rotatable bonds is 3. The monoisotopic (exact) mass is 314 g/mol. The summed E-state index contributed by atoms with van der Waals surface area (Å²) in [6.07, 6.45) is -0.210. The van der Waals surface area contributed by atoms with Crippen LogP contribution in [0.2, 0.25) is 0 Å². The smallest absolute Gasteiger partial charge is 0.341 e. The van der Waals surface area contributed by atoms with Gasteiger partial charge in [-0.15, -0.1) is 0 Å². The number of amides is 1. The van der Waals surface area contributed by atoms with E-state index in [1.165, 1.54) is 30.2 Å². The molecule has 0 bridgehead atoms. The van der Waals surface area contributed by atoms with Crippen molar-refractivity contribution in [3.8, 4) is 5.75 Å². The van der Waals surface area contributed by atoms with Crippen LogP contribution < -0.4 is 10.0 Å². The van der Waals surface area contributed by atoms with E-state index in [9.17, 15) is 23.1 Å². The molecule has 1 aliphatic rings. The molecule has 9 heteroatoms. The number of phenolic OH excluding ortho intramolecular Hbond substituents is 1. The van der Waals surface area contributed by atoms with Crippen LogP contribution in [0.5, 0.6) is 5.75 Å². The SMILES string of the molecule is COC(=O)c1ccc(N2CC(S(N)(=O)=O)CC2=O)cc1O. The summed E-state index contributed by atoms with van der Waals surface area (Å²) in [6.45, 7) is -0.0886. The van der Waals surface area contributed by atoms with Gasteiger partial charge in [0.1, 0.15) is 16.6 Å². The van der Waals surface area contributed by atoms with Crippen molar-refractivity contribution in [1.29, 1.82) is 0 Å². The van der Waals surface area contributed by atoms with Gasteiger partial charge in [-0.1, -0.05) is 0 Å². The lowest BCUT2D eigenvalue weighted by molar-refractivity contribution is -0.117.